The standard InChI is InChI=1S/C16H13ClN2O2/c1-10(20)19-16(15-5-3-7-21-15)11-8-13(17)12-4-2-6-18-14(12)9-11/h2-9,16H,1H3,(H,19,20). The molecule has 3 rings (SSSR count). The zero-order valence-corrected chi connectivity index (χ0v) is 12.1. The fourth-order valence-corrected chi connectivity index (χ4v) is 2.59. The van der Waals surface area contributed by atoms with Crippen molar-refractivity contribution in [2.75, 3.05) is 0 Å². The van der Waals surface area contributed by atoms with Gasteiger partial charge in [0.2, 0.25) is 5.91 Å². The van der Waals surface area contributed by atoms with Crippen LogP contribution in [0.1, 0.15) is 24.3 Å². The maximum Gasteiger partial charge on any atom is 0.217 e. The summed E-state index contributed by atoms with van der Waals surface area (Å²) in [6, 6.07) is 10.7. The van der Waals surface area contributed by atoms with Crippen LogP contribution < -0.4 is 5.32 Å². The molecule has 1 aromatic carbocycles. The van der Waals surface area contributed by atoms with Gasteiger partial charge in [-0.15, -0.1) is 0 Å². The van der Waals surface area contributed by atoms with Crippen molar-refractivity contribution in [3.05, 3.63) is 65.2 Å². The lowest BCUT2D eigenvalue weighted by Gasteiger charge is -2.17. The molecular formula is C16H13ClN2O2. The molecule has 5 heteroatoms. The minimum Gasteiger partial charge on any atom is -0.467 e. The van der Waals surface area contributed by atoms with Crippen LogP contribution in [0.25, 0.3) is 10.9 Å². The Morgan fingerprint density at radius 1 is 1.33 bits per heavy atom. The third-order valence-electron chi connectivity index (χ3n) is 3.20. The van der Waals surface area contributed by atoms with E-state index < -0.39 is 0 Å². The second-order valence-corrected chi connectivity index (χ2v) is 5.13. The highest BCUT2D eigenvalue weighted by molar-refractivity contribution is 6.35. The molecule has 0 aliphatic carbocycles. The zero-order chi connectivity index (χ0) is 14.8. The highest BCUT2D eigenvalue weighted by atomic mass is 35.5. The number of hydrogen-bond acceptors (Lipinski definition) is 3. The van der Waals surface area contributed by atoms with Crippen molar-refractivity contribution >= 4 is 28.4 Å². The summed E-state index contributed by atoms with van der Waals surface area (Å²) in [4.78, 5) is 15.8. The molecule has 1 amide bonds. The van der Waals surface area contributed by atoms with Gasteiger partial charge in [-0.1, -0.05) is 11.6 Å². The predicted molar refractivity (Wildman–Crippen MR) is 81.1 cm³/mol. The van der Waals surface area contributed by atoms with Crippen molar-refractivity contribution in [1.29, 1.82) is 0 Å². The average molecular weight is 301 g/mol. The van der Waals surface area contributed by atoms with E-state index in [-0.39, 0.29) is 11.9 Å². The zero-order valence-electron chi connectivity index (χ0n) is 11.3. The van der Waals surface area contributed by atoms with Crippen molar-refractivity contribution < 1.29 is 9.21 Å². The summed E-state index contributed by atoms with van der Waals surface area (Å²) < 4.78 is 5.42. The Kier molecular flexibility index (Phi) is 3.62. The van der Waals surface area contributed by atoms with Gasteiger partial charge in [0.1, 0.15) is 11.8 Å². The molecule has 3 aromatic rings. The molecule has 1 N–H and O–H groups in total. The van der Waals surface area contributed by atoms with Crippen LogP contribution in [-0.2, 0) is 4.79 Å². The molecule has 0 spiro atoms. The summed E-state index contributed by atoms with van der Waals surface area (Å²) in [6.07, 6.45) is 3.29. The maximum atomic E-state index is 11.5. The van der Waals surface area contributed by atoms with Gasteiger partial charge in [0.05, 0.1) is 16.8 Å². The monoisotopic (exact) mass is 300 g/mol. The molecule has 2 aromatic heterocycles. The number of benzene rings is 1. The van der Waals surface area contributed by atoms with Crippen molar-refractivity contribution in [3.8, 4) is 0 Å². The first kappa shape index (κ1) is 13.6. The Hall–Kier alpha value is -2.33. The molecular weight excluding hydrogens is 288 g/mol. The van der Waals surface area contributed by atoms with Gasteiger partial charge in [-0.3, -0.25) is 9.78 Å². The van der Waals surface area contributed by atoms with Crippen LogP contribution in [0.4, 0.5) is 0 Å². The van der Waals surface area contributed by atoms with E-state index in [1.807, 2.05) is 30.3 Å². The number of rotatable bonds is 3. The first-order chi connectivity index (χ1) is 10.1. The van der Waals surface area contributed by atoms with Gasteiger partial charge in [0, 0.05) is 18.5 Å². The van der Waals surface area contributed by atoms with E-state index in [0.717, 1.165) is 16.5 Å². The first-order valence-corrected chi connectivity index (χ1v) is 6.87. The van der Waals surface area contributed by atoms with E-state index in [4.69, 9.17) is 16.0 Å². The van der Waals surface area contributed by atoms with Crippen molar-refractivity contribution in [1.82, 2.24) is 10.3 Å². The summed E-state index contributed by atoms with van der Waals surface area (Å²) in [5, 5.41) is 4.34. The fraction of sp³-hybridized carbons (Fsp3) is 0.125. The van der Waals surface area contributed by atoms with Crippen LogP contribution in [0, 0.1) is 0 Å². The Morgan fingerprint density at radius 3 is 2.90 bits per heavy atom. The Bertz CT molecular complexity index is 784. The van der Waals surface area contributed by atoms with Gasteiger partial charge >= 0.3 is 0 Å². The smallest absolute Gasteiger partial charge is 0.217 e. The van der Waals surface area contributed by atoms with Gasteiger partial charge in [0.25, 0.3) is 0 Å². The summed E-state index contributed by atoms with van der Waals surface area (Å²) >= 11 is 6.32. The van der Waals surface area contributed by atoms with Crippen molar-refractivity contribution in [2.45, 2.75) is 13.0 Å². The van der Waals surface area contributed by atoms with Crippen LogP contribution >= 0.6 is 11.6 Å². The van der Waals surface area contributed by atoms with Crippen molar-refractivity contribution in [2.24, 2.45) is 0 Å². The third-order valence-corrected chi connectivity index (χ3v) is 3.51. The predicted octanol–water partition coefficient (Wildman–Crippen LogP) is 3.71. The van der Waals surface area contributed by atoms with E-state index in [1.165, 1.54) is 6.92 Å². The molecule has 0 saturated carbocycles. The molecule has 0 aliphatic rings. The highest BCUT2D eigenvalue weighted by Crippen LogP contribution is 2.30. The van der Waals surface area contributed by atoms with Gasteiger partial charge in [-0.2, -0.15) is 0 Å². The first-order valence-electron chi connectivity index (χ1n) is 6.50. The minimum absolute atomic E-state index is 0.145. The number of fused-ring (bicyclic) bond motifs is 1. The second kappa shape index (κ2) is 5.58. The lowest BCUT2D eigenvalue weighted by Crippen LogP contribution is -2.26. The van der Waals surface area contributed by atoms with E-state index in [0.29, 0.717) is 10.8 Å². The molecule has 0 radical (unpaired) electrons. The lowest BCUT2D eigenvalue weighted by atomic mass is 10.0. The van der Waals surface area contributed by atoms with Crippen molar-refractivity contribution in [3.63, 3.8) is 0 Å². The molecule has 2 heterocycles. The van der Waals surface area contributed by atoms with E-state index in [1.54, 1.807) is 18.5 Å². The molecule has 0 fully saturated rings. The molecule has 1 atom stereocenters. The van der Waals surface area contributed by atoms with Gasteiger partial charge in [-0.25, -0.2) is 0 Å². The van der Waals surface area contributed by atoms with Crippen LogP contribution in [0.5, 0.6) is 0 Å². The third kappa shape index (κ3) is 2.76. The number of carbonyl (C=O) groups is 1. The quantitative estimate of drug-likeness (QED) is 0.802. The number of aromatic nitrogens is 1. The molecule has 0 saturated heterocycles. The molecule has 106 valence electrons. The number of hydrogen-bond donors (Lipinski definition) is 1. The largest absolute Gasteiger partial charge is 0.467 e. The van der Waals surface area contributed by atoms with Crippen LogP contribution in [0.15, 0.2) is 53.3 Å². The van der Waals surface area contributed by atoms with Crippen LogP contribution in [0.3, 0.4) is 0 Å². The Morgan fingerprint density at radius 2 is 2.19 bits per heavy atom. The molecule has 1 unspecified atom stereocenters. The second-order valence-electron chi connectivity index (χ2n) is 4.72. The van der Waals surface area contributed by atoms with Crippen LogP contribution in [-0.4, -0.2) is 10.9 Å². The number of carbonyl (C=O) groups excluding carboxylic acids is 1. The summed E-state index contributed by atoms with van der Waals surface area (Å²) in [6.45, 7) is 1.47. The summed E-state index contributed by atoms with van der Waals surface area (Å²) in [5.74, 6) is 0.505. The Balaban J connectivity index is 2.13. The summed E-state index contributed by atoms with van der Waals surface area (Å²) in [7, 11) is 0. The fourth-order valence-electron chi connectivity index (χ4n) is 2.30. The normalized spacial score (nSPS) is 12.3. The molecule has 0 bridgehead atoms. The number of halogens is 1. The van der Waals surface area contributed by atoms with Gasteiger partial charge in [0.15, 0.2) is 0 Å². The van der Waals surface area contributed by atoms with Gasteiger partial charge < -0.3 is 9.73 Å². The van der Waals surface area contributed by atoms with Gasteiger partial charge in [-0.05, 0) is 42.0 Å². The SMILES string of the molecule is CC(=O)NC(c1cc(Cl)c2cccnc2c1)c1ccco1. The highest BCUT2D eigenvalue weighted by Gasteiger charge is 2.19. The molecule has 4 nitrogen and oxygen atoms in total. The molecule has 21 heavy (non-hydrogen) atoms. The minimum atomic E-state index is -0.388. The van der Waals surface area contributed by atoms with E-state index in [2.05, 4.69) is 10.3 Å². The number of furan rings is 1. The van der Waals surface area contributed by atoms with E-state index >= 15 is 0 Å². The number of amides is 1. The maximum absolute atomic E-state index is 11.5. The van der Waals surface area contributed by atoms with Crippen LogP contribution in [0.2, 0.25) is 5.02 Å². The lowest BCUT2D eigenvalue weighted by molar-refractivity contribution is -0.119. The summed E-state index contributed by atoms with van der Waals surface area (Å²) in [5.41, 5.74) is 1.61. The number of pyridine rings is 1. The topological polar surface area (TPSA) is 55.1 Å². The number of nitrogens with zero attached hydrogens (tertiary/aromatic N) is 1. The molecule has 0 aliphatic heterocycles. The average Bonchev–Trinajstić information content (AvgIpc) is 2.98. The van der Waals surface area contributed by atoms with E-state index in [9.17, 15) is 4.79 Å². The number of nitrogens with one attached hydrogen (secondary N) is 1. The Labute approximate surface area is 126 Å².